The quantitative estimate of drug-likeness (QED) is 0.894. The molecule has 1 aliphatic heterocycles. The lowest BCUT2D eigenvalue weighted by Gasteiger charge is -2.12. The molecule has 130 valence electrons. The van der Waals surface area contributed by atoms with Crippen molar-refractivity contribution in [3.05, 3.63) is 59.2 Å². The second-order valence-corrected chi connectivity index (χ2v) is 6.34. The van der Waals surface area contributed by atoms with Gasteiger partial charge < -0.3 is 15.4 Å². The topological polar surface area (TPSA) is 67.4 Å². The van der Waals surface area contributed by atoms with Crippen LogP contribution in [0.25, 0.3) is 0 Å². The van der Waals surface area contributed by atoms with Crippen LogP contribution >= 0.6 is 0 Å². The summed E-state index contributed by atoms with van der Waals surface area (Å²) < 4.78 is 5.38. The Morgan fingerprint density at radius 2 is 1.92 bits per heavy atom. The minimum atomic E-state index is -0.396. The first kappa shape index (κ1) is 17.2. The summed E-state index contributed by atoms with van der Waals surface area (Å²) in [5.41, 5.74) is 4.02. The summed E-state index contributed by atoms with van der Waals surface area (Å²) in [5.74, 6) is -0.371. The molecule has 1 saturated heterocycles. The van der Waals surface area contributed by atoms with E-state index in [9.17, 15) is 9.59 Å². The summed E-state index contributed by atoms with van der Waals surface area (Å²) >= 11 is 0. The van der Waals surface area contributed by atoms with Gasteiger partial charge in [0.15, 0.2) is 0 Å². The van der Waals surface area contributed by atoms with Crippen LogP contribution in [-0.2, 0) is 9.53 Å². The zero-order valence-corrected chi connectivity index (χ0v) is 14.5. The first-order chi connectivity index (χ1) is 12.0. The second kappa shape index (κ2) is 7.49. The number of nitrogens with one attached hydrogen (secondary N) is 2. The molecule has 3 rings (SSSR count). The molecule has 1 heterocycles. The Bertz CT molecular complexity index is 795. The van der Waals surface area contributed by atoms with E-state index < -0.39 is 6.10 Å². The van der Waals surface area contributed by atoms with E-state index in [1.54, 1.807) is 24.3 Å². The van der Waals surface area contributed by atoms with E-state index in [-0.39, 0.29) is 11.8 Å². The van der Waals surface area contributed by atoms with Crippen LogP contribution < -0.4 is 10.6 Å². The van der Waals surface area contributed by atoms with E-state index in [1.807, 2.05) is 32.0 Å². The summed E-state index contributed by atoms with van der Waals surface area (Å²) in [6.07, 6.45) is 1.24. The normalized spacial score (nSPS) is 16.5. The fourth-order valence-corrected chi connectivity index (χ4v) is 2.89. The van der Waals surface area contributed by atoms with Gasteiger partial charge in [-0.2, -0.15) is 0 Å². The minimum Gasteiger partial charge on any atom is -0.368 e. The zero-order chi connectivity index (χ0) is 17.8. The number of rotatable bonds is 4. The molecule has 0 spiro atoms. The maximum atomic E-state index is 12.5. The molecule has 5 heteroatoms. The molecule has 2 aromatic carbocycles. The lowest BCUT2D eigenvalue weighted by Crippen LogP contribution is -2.27. The number of aryl methyl sites for hydroxylation is 2. The van der Waals surface area contributed by atoms with Crippen LogP contribution in [0, 0.1) is 13.8 Å². The third-order valence-electron chi connectivity index (χ3n) is 4.24. The Morgan fingerprint density at radius 1 is 1.08 bits per heavy atom. The number of carbonyl (C=O) groups excluding carboxylic acids is 2. The molecule has 0 aliphatic carbocycles. The van der Waals surface area contributed by atoms with Gasteiger partial charge in [0.2, 0.25) is 0 Å². The smallest absolute Gasteiger partial charge is 0.255 e. The van der Waals surface area contributed by atoms with Gasteiger partial charge >= 0.3 is 0 Å². The van der Waals surface area contributed by atoms with Gasteiger partial charge in [-0.05, 0) is 56.5 Å². The number of carbonyl (C=O) groups is 2. The monoisotopic (exact) mass is 338 g/mol. The molecule has 1 unspecified atom stereocenters. The molecule has 5 nitrogen and oxygen atoms in total. The van der Waals surface area contributed by atoms with Crippen molar-refractivity contribution >= 4 is 23.2 Å². The van der Waals surface area contributed by atoms with Crippen LogP contribution in [0.5, 0.6) is 0 Å². The molecule has 1 atom stereocenters. The third-order valence-corrected chi connectivity index (χ3v) is 4.24. The third kappa shape index (κ3) is 4.25. The Kier molecular flexibility index (Phi) is 5.14. The highest BCUT2D eigenvalue weighted by Gasteiger charge is 2.23. The van der Waals surface area contributed by atoms with E-state index in [2.05, 4.69) is 10.6 Å². The van der Waals surface area contributed by atoms with E-state index in [0.29, 0.717) is 17.9 Å². The molecule has 0 saturated carbocycles. The second-order valence-electron chi connectivity index (χ2n) is 6.34. The molecule has 1 aliphatic rings. The highest BCUT2D eigenvalue weighted by Crippen LogP contribution is 2.19. The number of amides is 2. The van der Waals surface area contributed by atoms with E-state index in [1.165, 1.54) is 0 Å². The fourth-order valence-electron chi connectivity index (χ4n) is 2.89. The van der Waals surface area contributed by atoms with Gasteiger partial charge in [0.25, 0.3) is 11.8 Å². The number of hydrogen-bond acceptors (Lipinski definition) is 3. The largest absolute Gasteiger partial charge is 0.368 e. The van der Waals surface area contributed by atoms with Crippen molar-refractivity contribution < 1.29 is 14.3 Å². The summed E-state index contributed by atoms with van der Waals surface area (Å²) in [6.45, 7) is 4.59. The van der Waals surface area contributed by atoms with Gasteiger partial charge in [-0.1, -0.05) is 23.8 Å². The van der Waals surface area contributed by atoms with Crippen molar-refractivity contribution in [2.45, 2.75) is 32.8 Å². The van der Waals surface area contributed by atoms with Crippen molar-refractivity contribution in [3.8, 4) is 0 Å². The Balaban J connectivity index is 1.69. The highest BCUT2D eigenvalue weighted by molar-refractivity contribution is 6.05. The van der Waals surface area contributed by atoms with E-state index >= 15 is 0 Å². The van der Waals surface area contributed by atoms with Gasteiger partial charge in [0.1, 0.15) is 6.10 Å². The van der Waals surface area contributed by atoms with Gasteiger partial charge in [0, 0.05) is 23.5 Å². The van der Waals surface area contributed by atoms with Crippen LogP contribution in [0.15, 0.2) is 42.5 Å². The van der Waals surface area contributed by atoms with Crippen LogP contribution in [-0.4, -0.2) is 24.5 Å². The van der Waals surface area contributed by atoms with Crippen molar-refractivity contribution in [2.24, 2.45) is 0 Å². The average Bonchev–Trinajstić information content (AvgIpc) is 3.12. The van der Waals surface area contributed by atoms with Gasteiger partial charge in [-0.3, -0.25) is 9.59 Å². The van der Waals surface area contributed by atoms with Crippen LogP contribution in [0.2, 0.25) is 0 Å². The first-order valence-electron chi connectivity index (χ1n) is 8.44. The average molecular weight is 338 g/mol. The van der Waals surface area contributed by atoms with Gasteiger partial charge in [0.05, 0.1) is 0 Å². The van der Waals surface area contributed by atoms with E-state index in [0.717, 1.165) is 29.7 Å². The SMILES string of the molecule is Cc1ccc(NC(=O)c2cccc(NC(=O)C3CCCO3)c2)c(C)c1. The summed E-state index contributed by atoms with van der Waals surface area (Å²) in [5, 5.41) is 5.73. The molecular weight excluding hydrogens is 316 g/mol. The lowest BCUT2D eigenvalue weighted by atomic mass is 10.1. The van der Waals surface area contributed by atoms with Crippen LogP contribution in [0.4, 0.5) is 11.4 Å². The molecule has 0 radical (unpaired) electrons. The van der Waals surface area contributed by atoms with Crippen molar-refractivity contribution in [1.29, 1.82) is 0 Å². The van der Waals surface area contributed by atoms with E-state index in [4.69, 9.17) is 4.74 Å². The number of hydrogen-bond donors (Lipinski definition) is 2. The van der Waals surface area contributed by atoms with Crippen LogP contribution in [0.1, 0.15) is 34.3 Å². The molecule has 2 amide bonds. The van der Waals surface area contributed by atoms with Crippen molar-refractivity contribution in [1.82, 2.24) is 0 Å². The van der Waals surface area contributed by atoms with Crippen LogP contribution in [0.3, 0.4) is 0 Å². The Labute approximate surface area is 147 Å². The summed E-state index contributed by atoms with van der Waals surface area (Å²) in [4.78, 5) is 24.6. The maximum absolute atomic E-state index is 12.5. The zero-order valence-electron chi connectivity index (χ0n) is 14.5. The number of benzene rings is 2. The lowest BCUT2D eigenvalue weighted by molar-refractivity contribution is -0.124. The number of anilines is 2. The number of ether oxygens (including phenoxy) is 1. The van der Waals surface area contributed by atoms with Gasteiger partial charge in [-0.15, -0.1) is 0 Å². The minimum absolute atomic E-state index is 0.163. The standard InChI is InChI=1S/C20H22N2O3/c1-13-8-9-17(14(2)11-13)22-19(23)15-5-3-6-16(12-15)21-20(24)18-7-4-10-25-18/h3,5-6,8-9,11-12,18H,4,7,10H2,1-2H3,(H,21,24)(H,22,23). The molecular formula is C20H22N2O3. The Hall–Kier alpha value is -2.66. The Morgan fingerprint density at radius 3 is 2.64 bits per heavy atom. The molecule has 2 aromatic rings. The first-order valence-corrected chi connectivity index (χ1v) is 8.44. The predicted molar refractivity (Wildman–Crippen MR) is 97.9 cm³/mol. The van der Waals surface area contributed by atoms with Crippen molar-refractivity contribution in [3.63, 3.8) is 0 Å². The molecule has 0 aromatic heterocycles. The molecule has 2 N–H and O–H groups in total. The van der Waals surface area contributed by atoms with Crippen molar-refractivity contribution in [2.75, 3.05) is 17.2 Å². The van der Waals surface area contributed by atoms with Gasteiger partial charge in [-0.25, -0.2) is 0 Å². The predicted octanol–water partition coefficient (Wildman–Crippen LogP) is 3.67. The highest BCUT2D eigenvalue weighted by atomic mass is 16.5. The summed E-state index contributed by atoms with van der Waals surface area (Å²) in [7, 11) is 0. The fraction of sp³-hybridized carbons (Fsp3) is 0.300. The summed E-state index contributed by atoms with van der Waals surface area (Å²) in [6, 6.07) is 12.8. The molecule has 25 heavy (non-hydrogen) atoms. The molecule has 0 bridgehead atoms. The molecule has 1 fully saturated rings. The maximum Gasteiger partial charge on any atom is 0.255 e.